The van der Waals surface area contributed by atoms with Gasteiger partial charge in [0, 0.05) is 17.1 Å². The van der Waals surface area contributed by atoms with E-state index in [1.807, 2.05) is 0 Å². The summed E-state index contributed by atoms with van der Waals surface area (Å²) in [4.78, 5) is 0. The van der Waals surface area contributed by atoms with Gasteiger partial charge in [0.05, 0.1) is 6.10 Å². The van der Waals surface area contributed by atoms with Gasteiger partial charge in [-0.15, -0.1) is 0 Å². The van der Waals surface area contributed by atoms with Crippen LogP contribution in [0.15, 0.2) is 24.3 Å². The molecule has 94 valence electrons. The fourth-order valence-corrected chi connectivity index (χ4v) is 2.58. The number of nitrogens with one attached hydrogen (secondary N) is 1. The van der Waals surface area contributed by atoms with Gasteiger partial charge in [0.1, 0.15) is 5.82 Å². The predicted molar refractivity (Wildman–Crippen MR) is 66.2 cm³/mol. The summed E-state index contributed by atoms with van der Waals surface area (Å²) in [6.45, 7) is 4.24. The average molecular weight is 237 g/mol. The van der Waals surface area contributed by atoms with Crippen LogP contribution in [0.3, 0.4) is 0 Å². The van der Waals surface area contributed by atoms with Crippen LogP contribution in [0.1, 0.15) is 44.8 Å². The van der Waals surface area contributed by atoms with Crippen molar-refractivity contribution in [3.8, 4) is 0 Å². The molecule has 17 heavy (non-hydrogen) atoms. The summed E-state index contributed by atoms with van der Waals surface area (Å²) in [7, 11) is 0. The largest absolute Gasteiger partial charge is 0.387 e. The Labute approximate surface area is 102 Å². The van der Waals surface area contributed by atoms with Crippen molar-refractivity contribution in [3.05, 3.63) is 35.6 Å². The molecule has 0 spiro atoms. The lowest BCUT2D eigenvalue weighted by Crippen LogP contribution is -2.51. The van der Waals surface area contributed by atoms with Crippen molar-refractivity contribution < 1.29 is 9.50 Å². The van der Waals surface area contributed by atoms with Gasteiger partial charge in [-0.3, -0.25) is 0 Å². The van der Waals surface area contributed by atoms with E-state index in [1.165, 1.54) is 6.07 Å². The van der Waals surface area contributed by atoms with Crippen LogP contribution in [0, 0.1) is 5.82 Å². The molecule has 0 amide bonds. The topological polar surface area (TPSA) is 32.3 Å². The first kappa shape index (κ1) is 12.5. The fourth-order valence-electron chi connectivity index (χ4n) is 2.58. The maximum Gasteiger partial charge on any atom is 0.129 e. The number of benzene rings is 1. The van der Waals surface area contributed by atoms with Crippen LogP contribution < -0.4 is 5.32 Å². The number of aliphatic hydroxyl groups is 1. The summed E-state index contributed by atoms with van der Waals surface area (Å²) in [6, 6.07) is 6.39. The summed E-state index contributed by atoms with van der Waals surface area (Å²) >= 11 is 0. The van der Waals surface area contributed by atoms with Gasteiger partial charge in [0.2, 0.25) is 0 Å². The third-order valence-corrected chi connectivity index (χ3v) is 3.50. The molecular weight excluding hydrogens is 217 g/mol. The molecule has 2 atom stereocenters. The molecule has 1 fully saturated rings. The first-order chi connectivity index (χ1) is 7.99. The highest BCUT2D eigenvalue weighted by Crippen LogP contribution is 2.29. The zero-order chi connectivity index (χ0) is 12.5. The molecule has 1 saturated heterocycles. The number of piperidine rings is 1. The highest BCUT2D eigenvalue weighted by molar-refractivity contribution is 5.21. The van der Waals surface area contributed by atoms with Crippen LogP contribution in [0.5, 0.6) is 0 Å². The Morgan fingerprint density at radius 2 is 2.12 bits per heavy atom. The first-order valence-corrected chi connectivity index (χ1v) is 6.20. The third kappa shape index (κ3) is 2.85. The minimum absolute atomic E-state index is 0.0230. The van der Waals surface area contributed by atoms with Crippen molar-refractivity contribution in [1.29, 1.82) is 0 Å². The Hall–Kier alpha value is -0.930. The molecule has 1 heterocycles. The number of halogens is 1. The summed E-state index contributed by atoms with van der Waals surface area (Å²) in [6.07, 6.45) is 2.28. The molecule has 1 aliphatic heterocycles. The van der Waals surface area contributed by atoms with Gasteiger partial charge >= 0.3 is 0 Å². The molecule has 1 aromatic carbocycles. The van der Waals surface area contributed by atoms with E-state index < -0.39 is 6.10 Å². The molecule has 2 N–H and O–H groups in total. The zero-order valence-electron chi connectivity index (χ0n) is 10.4. The number of rotatable bonds is 2. The molecule has 1 aliphatic rings. The second kappa shape index (κ2) is 4.75. The van der Waals surface area contributed by atoms with Crippen LogP contribution in [0.2, 0.25) is 0 Å². The van der Waals surface area contributed by atoms with Crippen LogP contribution in [0.25, 0.3) is 0 Å². The quantitative estimate of drug-likeness (QED) is 0.829. The lowest BCUT2D eigenvalue weighted by Gasteiger charge is -2.39. The Kier molecular flexibility index (Phi) is 3.50. The van der Waals surface area contributed by atoms with E-state index in [9.17, 15) is 9.50 Å². The predicted octanol–water partition coefficient (Wildman–Crippen LogP) is 2.78. The van der Waals surface area contributed by atoms with E-state index in [0.717, 1.165) is 19.3 Å². The van der Waals surface area contributed by atoms with Gasteiger partial charge in [0.25, 0.3) is 0 Å². The summed E-state index contributed by atoms with van der Waals surface area (Å²) in [5, 5.41) is 13.7. The molecule has 0 radical (unpaired) electrons. The van der Waals surface area contributed by atoms with Crippen molar-refractivity contribution in [2.75, 3.05) is 0 Å². The van der Waals surface area contributed by atoms with E-state index in [-0.39, 0.29) is 17.4 Å². The van der Waals surface area contributed by atoms with Crippen molar-refractivity contribution in [2.24, 2.45) is 0 Å². The lowest BCUT2D eigenvalue weighted by molar-refractivity contribution is 0.0817. The Balaban J connectivity index is 2.15. The Bertz CT molecular complexity index is 392. The van der Waals surface area contributed by atoms with Gasteiger partial charge in [-0.2, -0.15) is 0 Å². The number of hydrogen-bond donors (Lipinski definition) is 2. The summed E-state index contributed by atoms with van der Waals surface area (Å²) in [5.74, 6) is -0.329. The van der Waals surface area contributed by atoms with Crippen LogP contribution in [-0.4, -0.2) is 16.7 Å². The van der Waals surface area contributed by atoms with Crippen molar-refractivity contribution in [1.82, 2.24) is 5.32 Å². The minimum Gasteiger partial charge on any atom is -0.387 e. The van der Waals surface area contributed by atoms with Crippen LogP contribution in [-0.2, 0) is 0 Å². The van der Waals surface area contributed by atoms with Gasteiger partial charge in [-0.1, -0.05) is 18.2 Å². The van der Waals surface area contributed by atoms with Crippen molar-refractivity contribution in [3.63, 3.8) is 0 Å². The van der Waals surface area contributed by atoms with E-state index in [0.29, 0.717) is 5.56 Å². The van der Waals surface area contributed by atoms with Gasteiger partial charge in [-0.25, -0.2) is 4.39 Å². The Morgan fingerprint density at radius 1 is 1.41 bits per heavy atom. The molecule has 2 nitrogen and oxygen atoms in total. The van der Waals surface area contributed by atoms with Gasteiger partial charge in [-0.05, 0) is 39.2 Å². The van der Waals surface area contributed by atoms with E-state index >= 15 is 0 Å². The highest BCUT2D eigenvalue weighted by Gasteiger charge is 2.32. The SMILES string of the molecule is CC1(C)CCC[C@@H]([C@H](O)c2ccccc2F)N1. The third-order valence-electron chi connectivity index (χ3n) is 3.50. The zero-order valence-corrected chi connectivity index (χ0v) is 10.4. The standard InChI is InChI=1S/C14H20FNO/c1-14(2)9-5-8-12(16-14)13(17)10-6-3-4-7-11(10)15/h3-4,6-7,12-13,16-17H,5,8-9H2,1-2H3/t12-,13+/m0/s1. The molecule has 0 bridgehead atoms. The number of aliphatic hydroxyl groups excluding tert-OH is 1. The highest BCUT2D eigenvalue weighted by atomic mass is 19.1. The molecule has 0 saturated carbocycles. The minimum atomic E-state index is -0.768. The maximum atomic E-state index is 13.6. The van der Waals surface area contributed by atoms with E-state index in [1.54, 1.807) is 18.2 Å². The molecule has 0 unspecified atom stereocenters. The molecule has 1 aromatic rings. The van der Waals surface area contributed by atoms with Crippen LogP contribution >= 0.6 is 0 Å². The van der Waals surface area contributed by atoms with Crippen molar-refractivity contribution >= 4 is 0 Å². The molecule has 0 aliphatic carbocycles. The van der Waals surface area contributed by atoms with Gasteiger partial charge in [0.15, 0.2) is 0 Å². The summed E-state index contributed by atoms with van der Waals surface area (Å²) in [5.41, 5.74) is 0.414. The lowest BCUT2D eigenvalue weighted by atomic mass is 9.85. The number of hydrogen-bond acceptors (Lipinski definition) is 2. The normalized spacial score (nSPS) is 25.5. The Morgan fingerprint density at radius 3 is 2.76 bits per heavy atom. The van der Waals surface area contributed by atoms with E-state index in [2.05, 4.69) is 19.2 Å². The fraction of sp³-hybridized carbons (Fsp3) is 0.571. The molecule has 0 aromatic heterocycles. The monoisotopic (exact) mass is 237 g/mol. The smallest absolute Gasteiger partial charge is 0.129 e. The molecule has 2 rings (SSSR count). The molecule has 3 heteroatoms. The van der Waals surface area contributed by atoms with E-state index in [4.69, 9.17) is 0 Å². The van der Waals surface area contributed by atoms with Crippen molar-refractivity contribution in [2.45, 2.75) is 50.8 Å². The second-order valence-electron chi connectivity index (χ2n) is 5.49. The average Bonchev–Trinajstić information content (AvgIpc) is 2.27. The first-order valence-electron chi connectivity index (χ1n) is 6.20. The maximum absolute atomic E-state index is 13.6. The summed E-state index contributed by atoms with van der Waals surface area (Å²) < 4.78 is 13.6. The van der Waals surface area contributed by atoms with Crippen LogP contribution in [0.4, 0.5) is 4.39 Å². The second-order valence-corrected chi connectivity index (χ2v) is 5.49. The van der Waals surface area contributed by atoms with Gasteiger partial charge < -0.3 is 10.4 Å². The molecular formula is C14H20FNO.